The fraction of sp³-hybridized carbons (Fsp3) is 0.474. The number of carboxylic acids is 1. The van der Waals surface area contributed by atoms with Crippen LogP contribution in [0.3, 0.4) is 0 Å². The predicted molar refractivity (Wildman–Crippen MR) is 104 cm³/mol. The number of carbonyl (C=O) groups is 2. The highest BCUT2D eigenvalue weighted by Gasteiger charge is 2.50. The van der Waals surface area contributed by atoms with Crippen LogP contribution in [0.15, 0.2) is 35.4 Å². The predicted octanol–water partition coefficient (Wildman–Crippen LogP) is 2.05. The van der Waals surface area contributed by atoms with Crippen molar-refractivity contribution in [2.24, 2.45) is 11.3 Å². The van der Waals surface area contributed by atoms with E-state index in [0.717, 1.165) is 26.2 Å². The summed E-state index contributed by atoms with van der Waals surface area (Å²) >= 11 is 1.43. The van der Waals surface area contributed by atoms with Crippen LogP contribution in [-0.2, 0) is 16.1 Å². The minimum atomic E-state index is -5.08. The fourth-order valence-electron chi connectivity index (χ4n) is 3.73. The molecule has 2 N–H and O–H groups in total. The minimum Gasteiger partial charge on any atom is -0.475 e. The fourth-order valence-corrected chi connectivity index (χ4v) is 4.27. The second-order valence-corrected chi connectivity index (χ2v) is 8.18. The van der Waals surface area contributed by atoms with Crippen molar-refractivity contribution in [1.29, 1.82) is 0 Å². The second kappa shape index (κ2) is 9.71. The SMILES string of the molecule is O=C(NC[C@]12COC[C@H]1CN(Cc1cccnc1)C2)c1cscn1.O=C(O)C(F)(F)F. The quantitative estimate of drug-likeness (QED) is 0.707. The third-order valence-corrected chi connectivity index (χ3v) is 5.82. The van der Waals surface area contributed by atoms with Crippen molar-refractivity contribution >= 4 is 23.2 Å². The van der Waals surface area contributed by atoms with Crippen molar-refractivity contribution in [1.82, 2.24) is 20.2 Å². The Bertz CT molecular complexity index is 882. The summed E-state index contributed by atoms with van der Waals surface area (Å²) in [5.41, 5.74) is 3.41. The summed E-state index contributed by atoms with van der Waals surface area (Å²) in [6.45, 7) is 4.95. The third-order valence-electron chi connectivity index (χ3n) is 5.23. The lowest BCUT2D eigenvalue weighted by Crippen LogP contribution is -2.43. The smallest absolute Gasteiger partial charge is 0.475 e. The van der Waals surface area contributed by atoms with Gasteiger partial charge >= 0.3 is 12.1 Å². The lowest BCUT2D eigenvalue weighted by molar-refractivity contribution is -0.192. The molecule has 8 nitrogen and oxygen atoms in total. The molecule has 0 unspecified atom stereocenters. The van der Waals surface area contributed by atoms with E-state index in [1.54, 1.807) is 17.1 Å². The molecule has 1 amide bonds. The van der Waals surface area contributed by atoms with Gasteiger partial charge in [0.1, 0.15) is 5.69 Å². The first-order valence-electron chi connectivity index (χ1n) is 9.35. The molecule has 2 aliphatic heterocycles. The van der Waals surface area contributed by atoms with Crippen LogP contribution < -0.4 is 5.32 Å². The zero-order valence-corrected chi connectivity index (χ0v) is 17.2. The normalized spacial score (nSPS) is 23.0. The number of carboxylic acid groups (broad SMARTS) is 1. The Balaban J connectivity index is 0.000000339. The highest BCUT2D eigenvalue weighted by molar-refractivity contribution is 7.07. The van der Waals surface area contributed by atoms with Gasteiger partial charge in [-0.3, -0.25) is 14.7 Å². The van der Waals surface area contributed by atoms with Crippen LogP contribution >= 0.6 is 11.3 Å². The average molecular weight is 458 g/mol. The molecule has 2 aliphatic rings. The van der Waals surface area contributed by atoms with Crippen molar-refractivity contribution in [3.05, 3.63) is 46.7 Å². The van der Waals surface area contributed by atoms with Gasteiger partial charge in [-0.1, -0.05) is 6.07 Å². The van der Waals surface area contributed by atoms with Crippen molar-refractivity contribution < 1.29 is 32.6 Å². The highest BCUT2D eigenvalue weighted by Crippen LogP contribution is 2.41. The highest BCUT2D eigenvalue weighted by atomic mass is 32.1. The zero-order valence-electron chi connectivity index (χ0n) is 16.3. The number of amides is 1. The number of hydrogen-bond donors (Lipinski definition) is 2. The van der Waals surface area contributed by atoms with Crippen molar-refractivity contribution in [2.75, 3.05) is 32.8 Å². The van der Waals surface area contributed by atoms with Crippen LogP contribution in [0.1, 0.15) is 16.1 Å². The molecule has 0 bridgehead atoms. The summed E-state index contributed by atoms with van der Waals surface area (Å²) in [5.74, 6) is -2.39. The number of halogens is 3. The zero-order chi connectivity index (χ0) is 22.5. The largest absolute Gasteiger partial charge is 0.490 e. The van der Waals surface area contributed by atoms with E-state index in [4.69, 9.17) is 14.6 Å². The molecular weight excluding hydrogens is 437 g/mol. The maximum Gasteiger partial charge on any atom is 0.490 e. The van der Waals surface area contributed by atoms with E-state index in [1.165, 1.54) is 16.9 Å². The molecule has 4 heterocycles. The Hall–Kier alpha value is -2.57. The molecule has 0 spiro atoms. The number of aromatic nitrogens is 2. The molecule has 2 fully saturated rings. The van der Waals surface area contributed by atoms with Crippen LogP contribution in [0.4, 0.5) is 13.2 Å². The number of pyridine rings is 1. The molecule has 12 heteroatoms. The van der Waals surface area contributed by atoms with Crippen LogP contribution in [0, 0.1) is 11.3 Å². The number of nitrogens with zero attached hydrogens (tertiary/aromatic N) is 3. The van der Waals surface area contributed by atoms with Gasteiger partial charge in [0.05, 0.1) is 18.7 Å². The Morgan fingerprint density at radius 3 is 2.81 bits per heavy atom. The molecule has 2 saturated heterocycles. The number of aliphatic carboxylic acids is 1. The van der Waals surface area contributed by atoms with Gasteiger partial charge in [-0.25, -0.2) is 9.78 Å². The van der Waals surface area contributed by atoms with Crippen molar-refractivity contribution in [3.63, 3.8) is 0 Å². The summed E-state index contributed by atoms with van der Waals surface area (Å²) in [5, 5.41) is 12.0. The number of alkyl halides is 3. The molecule has 2 atom stereocenters. The number of hydrogen-bond acceptors (Lipinski definition) is 7. The average Bonchev–Trinajstić information content (AvgIpc) is 3.43. The summed E-state index contributed by atoms with van der Waals surface area (Å²) in [7, 11) is 0. The van der Waals surface area contributed by atoms with Gasteiger partial charge in [0.25, 0.3) is 5.91 Å². The van der Waals surface area contributed by atoms with Gasteiger partial charge in [0, 0.05) is 55.3 Å². The summed E-state index contributed by atoms with van der Waals surface area (Å²) in [4.78, 5) is 31.8. The molecule has 0 radical (unpaired) electrons. The molecule has 2 aromatic heterocycles. The molecular formula is C19H21F3N4O4S. The Morgan fingerprint density at radius 2 is 2.19 bits per heavy atom. The number of carbonyl (C=O) groups excluding carboxylic acids is 1. The van der Waals surface area contributed by atoms with Gasteiger partial charge in [-0.2, -0.15) is 13.2 Å². The molecule has 0 saturated carbocycles. The van der Waals surface area contributed by atoms with E-state index in [1.807, 2.05) is 12.3 Å². The van der Waals surface area contributed by atoms with Crippen molar-refractivity contribution in [3.8, 4) is 0 Å². The summed E-state index contributed by atoms with van der Waals surface area (Å²) < 4.78 is 37.5. The second-order valence-electron chi connectivity index (χ2n) is 7.46. The summed E-state index contributed by atoms with van der Waals surface area (Å²) in [6, 6.07) is 4.08. The lowest BCUT2D eigenvalue weighted by atomic mass is 9.81. The van der Waals surface area contributed by atoms with E-state index in [-0.39, 0.29) is 11.3 Å². The molecule has 0 aromatic carbocycles. The van der Waals surface area contributed by atoms with E-state index >= 15 is 0 Å². The van der Waals surface area contributed by atoms with Gasteiger partial charge < -0.3 is 15.2 Å². The van der Waals surface area contributed by atoms with Crippen LogP contribution in [0.25, 0.3) is 0 Å². The first kappa shape index (κ1) is 23.1. The monoisotopic (exact) mass is 458 g/mol. The van der Waals surface area contributed by atoms with Crippen LogP contribution in [0.2, 0.25) is 0 Å². The Kier molecular flexibility index (Phi) is 7.23. The van der Waals surface area contributed by atoms with Gasteiger partial charge in [0.2, 0.25) is 0 Å². The van der Waals surface area contributed by atoms with Crippen molar-refractivity contribution in [2.45, 2.75) is 12.7 Å². The lowest BCUT2D eigenvalue weighted by Gasteiger charge is -2.27. The van der Waals surface area contributed by atoms with E-state index in [9.17, 15) is 18.0 Å². The maximum absolute atomic E-state index is 12.2. The van der Waals surface area contributed by atoms with E-state index < -0.39 is 12.1 Å². The minimum absolute atomic E-state index is 0.00783. The summed E-state index contributed by atoms with van der Waals surface area (Å²) in [6.07, 6.45) is -1.37. The maximum atomic E-state index is 12.2. The molecule has 4 rings (SSSR count). The number of nitrogens with one attached hydrogen (secondary N) is 1. The number of ether oxygens (including phenoxy) is 1. The molecule has 2 aromatic rings. The van der Waals surface area contributed by atoms with Gasteiger partial charge in [-0.15, -0.1) is 11.3 Å². The molecule has 168 valence electrons. The van der Waals surface area contributed by atoms with E-state index in [2.05, 4.69) is 26.3 Å². The van der Waals surface area contributed by atoms with Gasteiger partial charge in [-0.05, 0) is 11.6 Å². The van der Waals surface area contributed by atoms with Crippen LogP contribution in [0.5, 0.6) is 0 Å². The Labute approximate surface area is 180 Å². The van der Waals surface area contributed by atoms with Crippen LogP contribution in [-0.4, -0.2) is 70.9 Å². The number of rotatable bonds is 5. The first-order valence-corrected chi connectivity index (χ1v) is 10.3. The third kappa shape index (κ3) is 5.99. The molecule has 0 aliphatic carbocycles. The number of fused-ring (bicyclic) bond motifs is 1. The Morgan fingerprint density at radius 1 is 1.42 bits per heavy atom. The first-order chi connectivity index (χ1) is 14.7. The van der Waals surface area contributed by atoms with E-state index in [0.29, 0.717) is 24.8 Å². The number of likely N-dealkylation sites (tertiary alicyclic amines) is 1. The number of thiazole rings is 1. The standard InChI is InChI=1S/C17H20N4O2S.C2HF3O2/c22-16(15-8-24-12-20-15)19-9-17-10-21(6-14(17)7-23-11-17)5-13-2-1-3-18-4-13;3-2(4,5)1(6)7/h1-4,8,12,14H,5-7,9-11H2,(H,19,22);(H,6,7)/t14-,17+;/m1./s1. The molecule has 31 heavy (non-hydrogen) atoms. The van der Waals surface area contributed by atoms with Gasteiger partial charge in [0.15, 0.2) is 0 Å². The topological polar surface area (TPSA) is 105 Å².